The topological polar surface area (TPSA) is 74.6 Å². The molecule has 136 valence electrons. The summed E-state index contributed by atoms with van der Waals surface area (Å²) in [5.41, 5.74) is -1.63. The van der Waals surface area contributed by atoms with Crippen LogP contribution in [0, 0.1) is 11.6 Å². The van der Waals surface area contributed by atoms with Crippen LogP contribution in [0.25, 0.3) is 10.9 Å². The van der Waals surface area contributed by atoms with Crippen molar-refractivity contribution >= 4 is 52.1 Å². The molecule has 0 saturated carbocycles. The van der Waals surface area contributed by atoms with Crippen LogP contribution < -0.4 is 15.6 Å². The molecule has 2 N–H and O–H groups in total. The van der Waals surface area contributed by atoms with Crippen molar-refractivity contribution < 1.29 is 18.7 Å². The molecule has 9 heteroatoms. The molecule has 2 heterocycles. The molecule has 1 atom stereocenters. The SMILES string of the molecule is CCn1cc(C(=O)O)c(=O)c2cc(F)c(N3CCNC(C)C3)c(F)c21.[NaH]. The number of pyridine rings is 1. The van der Waals surface area contributed by atoms with E-state index in [-0.39, 0.29) is 58.7 Å². The molecule has 1 aliphatic heterocycles. The monoisotopic (exact) mass is 375 g/mol. The van der Waals surface area contributed by atoms with E-state index in [0.29, 0.717) is 19.6 Å². The van der Waals surface area contributed by atoms with Gasteiger partial charge in [0.25, 0.3) is 0 Å². The summed E-state index contributed by atoms with van der Waals surface area (Å²) in [6.45, 7) is 5.33. The summed E-state index contributed by atoms with van der Waals surface area (Å²) in [4.78, 5) is 25.2. The van der Waals surface area contributed by atoms with Gasteiger partial charge in [0.2, 0.25) is 5.43 Å². The number of benzene rings is 1. The van der Waals surface area contributed by atoms with E-state index in [1.165, 1.54) is 4.57 Å². The molecular weight excluding hydrogens is 355 g/mol. The molecule has 3 rings (SSSR count). The summed E-state index contributed by atoms with van der Waals surface area (Å²) in [7, 11) is 0. The van der Waals surface area contributed by atoms with Gasteiger partial charge in [-0.3, -0.25) is 4.79 Å². The Bertz CT molecular complexity index is 916. The van der Waals surface area contributed by atoms with Gasteiger partial charge >= 0.3 is 35.5 Å². The molecule has 1 aromatic heterocycles. The number of carboxylic acid groups (broad SMARTS) is 1. The fourth-order valence-electron chi connectivity index (χ4n) is 3.30. The Morgan fingerprint density at radius 2 is 2.12 bits per heavy atom. The number of aromatic carboxylic acids is 1. The third-order valence-corrected chi connectivity index (χ3v) is 4.49. The quantitative estimate of drug-likeness (QED) is 0.788. The van der Waals surface area contributed by atoms with Crippen molar-refractivity contribution in [2.75, 3.05) is 24.5 Å². The molecular formula is C17H20F2N3NaO3. The van der Waals surface area contributed by atoms with Gasteiger partial charge in [0, 0.05) is 38.4 Å². The number of carboxylic acids is 1. The van der Waals surface area contributed by atoms with E-state index in [9.17, 15) is 14.0 Å². The summed E-state index contributed by atoms with van der Waals surface area (Å²) in [5.74, 6) is -3.11. The second-order valence-electron chi connectivity index (χ2n) is 6.18. The normalized spacial score (nSPS) is 17.2. The van der Waals surface area contributed by atoms with Crippen LogP contribution in [0.4, 0.5) is 14.5 Å². The molecule has 2 aromatic rings. The Morgan fingerprint density at radius 3 is 2.69 bits per heavy atom. The molecule has 0 spiro atoms. The van der Waals surface area contributed by atoms with Gasteiger partial charge in [0.15, 0.2) is 5.82 Å². The van der Waals surface area contributed by atoms with Crippen LogP contribution >= 0.6 is 0 Å². The van der Waals surface area contributed by atoms with Gasteiger partial charge < -0.3 is 19.9 Å². The molecule has 1 aliphatic rings. The average molecular weight is 375 g/mol. The molecule has 6 nitrogen and oxygen atoms in total. The first-order valence-corrected chi connectivity index (χ1v) is 8.11. The molecule has 26 heavy (non-hydrogen) atoms. The maximum atomic E-state index is 15.2. The number of nitrogens with one attached hydrogen (secondary N) is 1. The Morgan fingerprint density at radius 1 is 1.42 bits per heavy atom. The van der Waals surface area contributed by atoms with Crippen LogP contribution in [0.2, 0.25) is 0 Å². The van der Waals surface area contributed by atoms with Crippen LogP contribution in [0.1, 0.15) is 24.2 Å². The third-order valence-electron chi connectivity index (χ3n) is 4.49. The number of hydrogen-bond donors (Lipinski definition) is 2. The average Bonchev–Trinajstić information content (AvgIpc) is 2.55. The summed E-state index contributed by atoms with van der Waals surface area (Å²) in [5, 5.41) is 12.1. The van der Waals surface area contributed by atoms with Crippen LogP contribution in [0.15, 0.2) is 17.1 Å². The van der Waals surface area contributed by atoms with Crippen LogP contribution in [-0.4, -0.2) is 70.9 Å². The van der Waals surface area contributed by atoms with E-state index >= 15 is 4.39 Å². The Labute approximate surface area is 171 Å². The second kappa shape index (κ2) is 8.04. The zero-order valence-electron chi connectivity index (χ0n) is 14.0. The molecule has 0 radical (unpaired) electrons. The van der Waals surface area contributed by atoms with E-state index < -0.39 is 28.6 Å². The van der Waals surface area contributed by atoms with Gasteiger partial charge in [-0.05, 0) is 19.9 Å². The molecule has 0 aliphatic carbocycles. The van der Waals surface area contributed by atoms with E-state index in [2.05, 4.69) is 5.32 Å². The zero-order valence-corrected chi connectivity index (χ0v) is 14.0. The van der Waals surface area contributed by atoms with Crippen molar-refractivity contribution in [3.63, 3.8) is 0 Å². The summed E-state index contributed by atoms with van der Waals surface area (Å²) in [6, 6.07) is 1.02. The number of fused-ring (bicyclic) bond motifs is 1. The zero-order chi connectivity index (χ0) is 18.3. The standard InChI is InChI=1S/C17H19F2N3O3.Na.H/c1-3-21-8-11(17(24)25)16(23)10-6-12(18)15(13(19)14(10)21)22-5-4-20-9(2)7-22;;/h6,8-9,20H,3-5,7H2,1-2H3,(H,24,25);;. The van der Waals surface area contributed by atoms with Crippen molar-refractivity contribution in [3.05, 3.63) is 39.7 Å². The Hall–Kier alpha value is -1.48. The fraction of sp³-hybridized carbons (Fsp3) is 0.412. The number of aromatic nitrogens is 1. The van der Waals surface area contributed by atoms with Crippen LogP contribution in [0.5, 0.6) is 0 Å². The number of rotatable bonds is 3. The molecule has 0 bridgehead atoms. The Kier molecular flexibility index (Phi) is 6.44. The molecule has 0 amide bonds. The second-order valence-corrected chi connectivity index (χ2v) is 6.18. The number of halogens is 2. The van der Waals surface area contributed by atoms with Crippen molar-refractivity contribution in [3.8, 4) is 0 Å². The predicted octanol–water partition coefficient (Wildman–Crippen LogP) is 1.15. The molecule has 1 unspecified atom stereocenters. The number of piperazine rings is 1. The number of carbonyl (C=O) groups is 1. The first-order valence-electron chi connectivity index (χ1n) is 8.11. The number of aryl methyl sites for hydroxylation is 1. The van der Waals surface area contributed by atoms with Gasteiger partial charge in [-0.25, -0.2) is 13.6 Å². The van der Waals surface area contributed by atoms with Crippen LogP contribution in [0.3, 0.4) is 0 Å². The van der Waals surface area contributed by atoms with Gasteiger partial charge in [-0.1, -0.05) is 0 Å². The van der Waals surface area contributed by atoms with E-state index in [0.717, 1.165) is 12.3 Å². The molecule has 1 fully saturated rings. The Balaban J connectivity index is 0.00000243. The van der Waals surface area contributed by atoms with Crippen molar-refractivity contribution in [2.45, 2.75) is 26.4 Å². The first kappa shape index (κ1) is 20.8. The maximum absolute atomic E-state index is 15.2. The van der Waals surface area contributed by atoms with Gasteiger partial charge in [0.1, 0.15) is 17.1 Å². The van der Waals surface area contributed by atoms with Crippen LogP contribution in [-0.2, 0) is 6.54 Å². The minimum atomic E-state index is -1.42. The molecule has 1 saturated heterocycles. The predicted molar refractivity (Wildman–Crippen MR) is 97.6 cm³/mol. The van der Waals surface area contributed by atoms with E-state index in [4.69, 9.17) is 5.11 Å². The van der Waals surface area contributed by atoms with Gasteiger partial charge in [0.05, 0.1) is 10.9 Å². The van der Waals surface area contributed by atoms with Gasteiger partial charge in [-0.15, -0.1) is 0 Å². The molecule has 1 aromatic carbocycles. The fourth-order valence-corrected chi connectivity index (χ4v) is 3.30. The number of hydrogen-bond acceptors (Lipinski definition) is 4. The van der Waals surface area contributed by atoms with Crippen molar-refractivity contribution in [1.29, 1.82) is 0 Å². The van der Waals surface area contributed by atoms with Crippen molar-refractivity contribution in [1.82, 2.24) is 9.88 Å². The minimum absolute atomic E-state index is 0. The van der Waals surface area contributed by atoms with E-state index in [1.54, 1.807) is 11.8 Å². The summed E-state index contributed by atoms with van der Waals surface area (Å²) in [6.07, 6.45) is 1.11. The first-order chi connectivity index (χ1) is 11.8. The van der Waals surface area contributed by atoms with Crippen molar-refractivity contribution in [2.24, 2.45) is 0 Å². The van der Waals surface area contributed by atoms with E-state index in [1.807, 2.05) is 6.92 Å². The number of nitrogens with zero attached hydrogens (tertiary/aromatic N) is 2. The summed E-state index contributed by atoms with van der Waals surface area (Å²) < 4.78 is 31.2. The number of anilines is 1. The summed E-state index contributed by atoms with van der Waals surface area (Å²) >= 11 is 0. The third kappa shape index (κ3) is 3.51. The van der Waals surface area contributed by atoms with Gasteiger partial charge in [-0.2, -0.15) is 0 Å².